The number of rotatable bonds is 8. The summed E-state index contributed by atoms with van der Waals surface area (Å²) >= 11 is 0. The van der Waals surface area contributed by atoms with E-state index in [1.165, 1.54) is 0 Å². The third-order valence-corrected chi connectivity index (χ3v) is 4.97. The molecule has 0 bridgehead atoms. The van der Waals surface area contributed by atoms with Gasteiger partial charge < -0.3 is 25.0 Å². The van der Waals surface area contributed by atoms with Crippen molar-refractivity contribution in [3.63, 3.8) is 0 Å². The summed E-state index contributed by atoms with van der Waals surface area (Å²) in [7, 11) is 0. The minimum atomic E-state index is -0.197. The van der Waals surface area contributed by atoms with Crippen LogP contribution in [0.15, 0.2) is 60.7 Å². The van der Waals surface area contributed by atoms with Crippen LogP contribution in [0, 0.1) is 6.92 Å². The van der Waals surface area contributed by atoms with Crippen molar-refractivity contribution in [1.82, 2.24) is 15.3 Å². The Bertz CT molecular complexity index is 1040. The van der Waals surface area contributed by atoms with E-state index in [0.717, 1.165) is 24.6 Å². The van der Waals surface area contributed by atoms with Gasteiger partial charge in [-0.1, -0.05) is 30.3 Å². The van der Waals surface area contributed by atoms with Crippen molar-refractivity contribution in [2.24, 2.45) is 0 Å². The summed E-state index contributed by atoms with van der Waals surface area (Å²) < 4.78 is 11.3. The smallest absolute Gasteiger partial charge is 0.255 e. The van der Waals surface area contributed by atoms with Crippen molar-refractivity contribution in [3.05, 3.63) is 71.9 Å². The summed E-state index contributed by atoms with van der Waals surface area (Å²) in [5, 5.41) is 6.12. The van der Waals surface area contributed by atoms with Gasteiger partial charge in [-0.3, -0.25) is 4.79 Å². The molecule has 0 atom stereocenters. The lowest BCUT2D eigenvalue weighted by molar-refractivity contribution is 0.0953. The minimum Gasteiger partial charge on any atom is -0.457 e. The molecule has 1 fully saturated rings. The van der Waals surface area contributed by atoms with E-state index in [0.29, 0.717) is 49.3 Å². The number of benzene rings is 2. The van der Waals surface area contributed by atoms with Crippen LogP contribution in [-0.2, 0) is 4.74 Å². The standard InChI is InChI=1S/C24H27N5O3/c1-18-17-22(29-13-15-31-16-14-29)28-24(27-18)26-12-11-25-23(30)20-9-5-6-10-21(20)32-19-7-3-2-4-8-19/h2-10,17H,11-16H2,1H3,(H,25,30)(H,26,27,28). The van der Waals surface area contributed by atoms with Crippen LogP contribution in [0.4, 0.5) is 11.8 Å². The van der Waals surface area contributed by atoms with Crippen molar-refractivity contribution < 1.29 is 14.3 Å². The molecule has 1 aliphatic rings. The molecule has 0 saturated carbocycles. The molecule has 8 nitrogen and oxygen atoms in total. The second-order valence-electron chi connectivity index (χ2n) is 7.38. The Kier molecular flexibility index (Phi) is 7.14. The summed E-state index contributed by atoms with van der Waals surface area (Å²) in [4.78, 5) is 24.0. The summed E-state index contributed by atoms with van der Waals surface area (Å²) in [6, 6.07) is 18.6. The van der Waals surface area contributed by atoms with E-state index in [1.54, 1.807) is 12.1 Å². The van der Waals surface area contributed by atoms with Crippen LogP contribution in [0.1, 0.15) is 16.1 Å². The molecule has 1 saturated heterocycles. The normalized spacial score (nSPS) is 13.5. The fraction of sp³-hybridized carbons (Fsp3) is 0.292. The number of aromatic nitrogens is 2. The average molecular weight is 434 g/mol. The number of carbonyl (C=O) groups excluding carboxylic acids is 1. The molecule has 1 amide bonds. The van der Waals surface area contributed by atoms with Crippen LogP contribution in [0.2, 0.25) is 0 Å². The van der Waals surface area contributed by atoms with E-state index in [9.17, 15) is 4.79 Å². The summed E-state index contributed by atoms with van der Waals surface area (Å²) in [5.41, 5.74) is 1.37. The number of para-hydroxylation sites is 2. The molecule has 4 rings (SSSR count). The van der Waals surface area contributed by atoms with Crippen LogP contribution in [0.3, 0.4) is 0 Å². The van der Waals surface area contributed by atoms with Gasteiger partial charge >= 0.3 is 0 Å². The molecule has 3 aromatic rings. The Hall–Kier alpha value is -3.65. The van der Waals surface area contributed by atoms with Crippen LogP contribution in [0.25, 0.3) is 0 Å². The number of aryl methyl sites for hydroxylation is 1. The zero-order valence-corrected chi connectivity index (χ0v) is 18.1. The monoisotopic (exact) mass is 433 g/mol. The third kappa shape index (κ3) is 5.73. The molecule has 2 aromatic carbocycles. The second-order valence-corrected chi connectivity index (χ2v) is 7.38. The second kappa shape index (κ2) is 10.6. The van der Waals surface area contributed by atoms with Gasteiger partial charge in [0.25, 0.3) is 5.91 Å². The van der Waals surface area contributed by atoms with Gasteiger partial charge in [-0.25, -0.2) is 4.98 Å². The molecule has 2 N–H and O–H groups in total. The Morgan fingerprint density at radius 2 is 1.78 bits per heavy atom. The van der Waals surface area contributed by atoms with Crippen molar-refractivity contribution in [1.29, 1.82) is 0 Å². The SMILES string of the molecule is Cc1cc(N2CCOCC2)nc(NCCNC(=O)c2ccccc2Oc2ccccc2)n1. The van der Waals surface area contributed by atoms with E-state index >= 15 is 0 Å². The molecule has 166 valence electrons. The molecule has 0 radical (unpaired) electrons. The number of amides is 1. The molecule has 8 heteroatoms. The molecule has 32 heavy (non-hydrogen) atoms. The van der Waals surface area contributed by atoms with E-state index in [4.69, 9.17) is 9.47 Å². The topological polar surface area (TPSA) is 88.6 Å². The number of carbonyl (C=O) groups is 1. The Balaban J connectivity index is 1.32. The number of morpholine rings is 1. The van der Waals surface area contributed by atoms with Crippen LogP contribution >= 0.6 is 0 Å². The maximum Gasteiger partial charge on any atom is 0.255 e. The largest absolute Gasteiger partial charge is 0.457 e. The maximum absolute atomic E-state index is 12.7. The highest BCUT2D eigenvalue weighted by molar-refractivity contribution is 5.97. The van der Waals surface area contributed by atoms with E-state index < -0.39 is 0 Å². The molecule has 0 aliphatic carbocycles. The van der Waals surface area contributed by atoms with Gasteiger partial charge in [0, 0.05) is 37.9 Å². The maximum atomic E-state index is 12.7. The number of hydrogen-bond donors (Lipinski definition) is 2. The van der Waals surface area contributed by atoms with Gasteiger partial charge in [0.15, 0.2) is 0 Å². The lowest BCUT2D eigenvalue weighted by atomic mass is 10.2. The molecule has 1 aliphatic heterocycles. The minimum absolute atomic E-state index is 0.197. The van der Waals surface area contributed by atoms with Crippen molar-refractivity contribution in [2.45, 2.75) is 6.92 Å². The first-order valence-electron chi connectivity index (χ1n) is 10.7. The highest BCUT2D eigenvalue weighted by atomic mass is 16.5. The third-order valence-electron chi connectivity index (χ3n) is 4.97. The number of ether oxygens (including phenoxy) is 2. The lowest BCUT2D eigenvalue weighted by Crippen LogP contribution is -2.37. The fourth-order valence-corrected chi connectivity index (χ4v) is 3.39. The Morgan fingerprint density at radius 1 is 1.03 bits per heavy atom. The van der Waals surface area contributed by atoms with Gasteiger partial charge in [0.05, 0.1) is 18.8 Å². The van der Waals surface area contributed by atoms with Crippen molar-refractivity contribution in [3.8, 4) is 11.5 Å². The van der Waals surface area contributed by atoms with E-state index in [1.807, 2.05) is 55.5 Å². The van der Waals surface area contributed by atoms with Gasteiger partial charge in [-0.05, 0) is 31.2 Å². The number of anilines is 2. The molecule has 1 aromatic heterocycles. The van der Waals surface area contributed by atoms with Crippen molar-refractivity contribution >= 4 is 17.7 Å². The zero-order chi connectivity index (χ0) is 22.2. The first-order valence-corrected chi connectivity index (χ1v) is 10.7. The highest BCUT2D eigenvalue weighted by Crippen LogP contribution is 2.25. The average Bonchev–Trinajstić information content (AvgIpc) is 2.83. The van der Waals surface area contributed by atoms with E-state index in [-0.39, 0.29) is 5.91 Å². The first-order chi connectivity index (χ1) is 15.7. The molecule has 0 spiro atoms. The molecular formula is C24H27N5O3. The zero-order valence-electron chi connectivity index (χ0n) is 18.1. The highest BCUT2D eigenvalue weighted by Gasteiger charge is 2.15. The van der Waals surface area contributed by atoms with Gasteiger partial charge in [0.1, 0.15) is 17.3 Å². The quantitative estimate of drug-likeness (QED) is 0.527. The van der Waals surface area contributed by atoms with Gasteiger partial charge in [-0.2, -0.15) is 4.98 Å². The lowest BCUT2D eigenvalue weighted by Gasteiger charge is -2.28. The molecule has 2 heterocycles. The Labute approximate surface area is 187 Å². The number of nitrogens with one attached hydrogen (secondary N) is 2. The predicted molar refractivity (Wildman–Crippen MR) is 124 cm³/mol. The first kappa shape index (κ1) is 21.6. The predicted octanol–water partition coefficient (Wildman–Crippen LogP) is 3.26. The summed E-state index contributed by atoms with van der Waals surface area (Å²) in [6.45, 7) is 5.90. The number of hydrogen-bond acceptors (Lipinski definition) is 7. The Morgan fingerprint density at radius 3 is 2.59 bits per heavy atom. The van der Waals surface area contributed by atoms with Crippen LogP contribution in [0.5, 0.6) is 11.5 Å². The van der Waals surface area contributed by atoms with Crippen LogP contribution in [-0.4, -0.2) is 55.3 Å². The van der Waals surface area contributed by atoms with Gasteiger partial charge in [-0.15, -0.1) is 0 Å². The van der Waals surface area contributed by atoms with Crippen LogP contribution < -0.4 is 20.3 Å². The summed E-state index contributed by atoms with van der Waals surface area (Å²) in [5.74, 6) is 2.44. The van der Waals surface area contributed by atoms with Crippen molar-refractivity contribution in [2.75, 3.05) is 49.6 Å². The molecule has 0 unspecified atom stereocenters. The number of nitrogens with zero attached hydrogens (tertiary/aromatic N) is 3. The molecular weight excluding hydrogens is 406 g/mol. The van der Waals surface area contributed by atoms with E-state index in [2.05, 4.69) is 25.5 Å². The summed E-state index contributed by atoms with van der Waals surface area (Å²) in [6.07, 6.45) is 0. The fourth-order valence-electron chi connectivity index (χ4n) is 3.39. The van der Waals surface area contributed by atoms with Gasteiger partial charge in [0.2, 0.25) is 5.95 Å².